The van der Waals surface area contributed by atoms with E-state index in [2.05, 4.69) is 0 Å². The lowest BCUT2D eigenvalue weighted by molar-refractivity contribution is -0.140. The van der Waals surface area contributed by atoms with Crippen molar-refractivity contribution in [3.05, 3.63) is 47.5 Å². The van der Waals surface area contributed by atoms with Gasteiger partial charge >= 0.3 is 12.1 Å². The molecule has 1 heterocycles. The third-order valence-corrected chi connectivity index (χ3v) is 3.34. The fraction of sp³-hybridized carbons (Fsp3) is 0.444. The number of hydrogen-bond acceptors (Lipinski definition) is 4. The van der Waals surface area contributed by atoms with E-state index in [0.29, 0.717) is 25.1 Å². The van der Waals surface area contributed by atoms with E-state index in [1.807, 2.05) is 51.1 Å². The maximum absolute atomic E-state index is 12.1. The van der Waals surface area contributed by atoms with Crippen LogP contribution in [-0.4, -0.2) is 35.7 Å². The van der Waals surface area contributed by atoms with Gasteiger partial charge in [0.15, 0.2) is 0 Å². The molecule has 0 saturated heterocycles. The molecule has 23 heavy (non-hydrogen) atoms. The van der Waals surface area contributed by atoms with Gasteiger partial charge in [-0.05, 0) is 32.8 Å². The molecule has 0 spiro atoms. The van der Waals surface area contributed by atoms with Gasteiger partial charge in [0, 0.05) is 18.7 Å². The van der Waals surface area contributed by atoms with E-state index in [-0.39, 0.29) is 18.7 Å². The number of nitrogens with zero attached hydrogens (tertiary/aromatic N) is 1. The lowest BCUT2D eigenvalue weighted by Crippen LogP contribution is -2.39. The first-order valence-electron chi connectivity index (χ1n) is 7.73. The van der Waals surface area contributed by atoms with Crippen LogP contribution in [0.25, 0.3) is 0 Å². The Morgan fingerprint density at radius 3 is 2.43 bits per heavy atom. The third-order valence-electron chi connectivity index (χ3n) is 3.34. The summed E-state index contributed by atoms with van der Waals surface area (Å²) in [6, 6.07) is 9.54. The van der Waals surface area contributed by atoms with Crippen LogP contribution in [0.3, 0.4) is 0 Å². The van der Waals surface area contributed by atoms with Gasteiger partial charge in [0.2, 0.25) is 0 Å². The summed E-state index contributed by atoms with van der Waals surface area (Å²) in [7, 11) is 0. The van der Waals surface area contributed by atoms with Crippen molar-refractivity contribution >= 4 is 12.1 Å². The molecule has 5 heteroatoms. The third kappa shape index (κ3) is 5.43. The molecule has 0 unspecified atom stereocenters. The predicted octanol–water partition coefficient (Wildman–Crippen LogP) is 3.30. The molecule has 124 valence electrons. The van der Waals surface area contributed by atoms with E-state index < -0.39 is 5.60 Å². The first kappa shape index (κ1) is 17.1. The number of hydrogen-bond donors (Lipinski definition) is 0. The molecule has 0 saturated carbocycles. The highest BCUT2D eigenvalue weighted by Gasteiger charge is 2.25. The monoisotopic (exact) mass is 317 g/mol. The van der Waals surface area contributed by atoms with Crippen LogP contribution < -0.4 is 0 Å². The van der Waals surface area contributed by atoms with E-state index in [1.54, 1.807) is 11.0 Å². The number of carbonyl (C=O) groups is 2. The minimum absolute atomic E-state index is 0.257. The highest BCUT2D eigenvalue weighted by Crippen LogP contribution is 2.16. The number of esters is 1. The molecular weight excluding hydrogens is 294 g/mol. The normalized spacial score (nSPS) is 14.9. The summed E-state index contributed by atoms with van der Waals surface area (Å²) in [5, 5.41) is 0. The van der Waals surface area contributed by atoms with Gasteiger partial charge in [-0.2, -0.15) is 0 Å². The Bertz CT molecular complexity index is 587. The average molecular weight is 317 g/mol. The van der Waals surface area contributed by atoms with Crippen LogP contribution >= 0.6 is 0 Å². The first-order valence-corrected chi connectivity index (χ1v) is 7.73. The Morgan fingerprint density at radius 1 is 1.17 bits per heavy atom. The molecule has 0 N–H and O–H groups in total. The highest BCUT2D eigenvalue weighted by molar-refractivity contribution is 5.89. The molecule has 1 aromatic rings. The minimum Gasteiger partial charge on any atom is -0.457 e. The van der Waals surface area contributed by atoms with Gasteiger partial charge in [0.25, 0.3) is 0 Å². The molecule has 1 amide bonds. The molecule has 0 fully saturated rings. The van der Waals surface area contributed by atoms with Crippen LogP contribution in [0.1, 0.15) is 32.8 Å². The van der Waals surface area contributed by atoms with Crippen molar-refractivity contribution in [3.63, 3.8) is 0 Å². The molecule has 1 aliphatic rings. The van der Waals surface area contributed by atoms with Crippen molar-refractivity contribution in [1.29, 1.82) is 0 Å². The second-order valence-electron chi connectivity index (χ2n) is 6.47. The molecule has 1 aromatic carbocycles. The summed E-state index contributed by atoms with van der Waals surface area (Å²) in [5.74, 6) is -0.322. The lowest BCUT2D eigenvalue weighted by Gasteiger charge is -2.29. The molecule has 0 bridgehead atoms. The average Bonchev–Trinajstić information content (AvgIpc) is 2.52. The molecule has 5 nitrogen and oxygen atoms in total. The van der Waals surface area contributed by atoms with E-state index in [4.69, 9.17) is 9.47 Å². The summed E-state index contributed by atoms with van der Waals surface area (Å²) in [6.45, 7) is 6.57. The van der Waals surface area contributed by atoms with Crippen LogP contribution in [0, 0.1) is 0 Å². The number of ether oxygens (including phenoxy) is 2. The van der Waals surface area contributed by atoms with Crippen LogP contribution in [0.2, 0.25) is 0 Å². The van der Waals surface area contributed by atoms with Crippen LogP contribution in [-0.2, 0) is 20.9 Å². The van der Waals surface area contributed by atoms with Crippen LogP contribution in [0.15, 0.2) is 42.0 Å². The summed E-state index contributed by atoms with van der Waals surface area (Å²) in [5.41, 5.74) is 1.05. The van der Waals surface area contributed by atoms with Crippen molar-refractivity contribution < 1.29 is 19.1 Å². The summed E-state index contributed by atoms with van der Waals surface area (Å²) in [6.07, 6.45) is 1.86. The topological polar surface area (TPSA) is 55.8 Å². The second kappa shape index (κ2) is 7.31. The molecule has 0 radical (unpaired) electrons. The van der Waals surface area contributed by atoms with E-state index >= 15 is 0 Å². The van der Waals surface area contributed by atoms with Gasteiger partial charge in [-0.3, -0.25) is 0 Å². The zero-order valence-corrected chi connectivity index (χ0v) is 13.9. The minimum atomic E-state index is -0.518. The van der Waals surface area contributed by atoms with Crippen molar-refractivity contribution in [2.75, 3.05) is 13.1 Å². The number of carbonyl (C=O) groups excluding carboxylic acids is 2. The molecule has 0 aromatic heterocycles. The molecule has 1 aliphatic heterocycles. The number of amides is 1. The zero-order chi connectivity index (χ0) is 16.9. The van der Waals surface area contributed by atoms with Crippen molar-refractivity contribution in [1.82, 2.24) is 4.90 Å². The zero-order valence-electron chi connectivity index (χ0n) is 13.9. The van der Waals surface area contributed by atoms with E-state index in [0.717, 1.165) is 5.56 Å². The molecular formula is C18H23NO4. The quantitative estimate of drug-likeness (QED) is 0.803. The fourth-order valence-corrected chi connectivity index (χ4v) is 2.16. The Labute approximate surface area is 136 Å². The fourth-order valence-electron chi connectivity index (χ4n) is 2.16. The van der Waals surface area contributed by atoms with Gasteiger partial charge in [-0.15, -0.1) is 0 Å². The Hall–Kier alpha value is -2.30. The molecule has 0 atom stereocenters. The summed E-state index contributed by atoms with van der Waals surface area (Å²) >= 11 is 0. The Balaban J connectivity index is 1.84. The lowest BCUT2D eigenvalue weighted by atomic mass is 10.1. The largest absolute Gasteiger partial charge is 0.457 e. The van der Waals surface area contributed by atoms with Crippen LogP contribution in [0.5, 0.6) is 0 Å². The summed E-state index contributed by atoms with van der Waals surface area (Å²) in [4.78, 5) is 25.6. The predicted molar refractivity (Wildman–Crippen MR) is 86.7 cm³/mol. The SMILES string of the molecule is CC(C)(C)OC(=O)N1CC=C(C(=O)OCc2ccccc2)CC1. The Kier molecular flexibility index (Phi) is 5.42. The molecule has 0 aliphatic carbocycles. The van der Waals surface area contributed by atoms with Gasteiger partial charge < -0.3 is 14.4 Å². The Morgan fingerprint density at radius 2 is 1.87 bits per heavy atom. The number of rotatable bonds is 3. The standard InChI is InChI=1S/C18H23NO4/c1-18(2,3)23-17(21)19-11-9-15(10-12-19)16(20)22-13-14-7-5-4-6-8-14/h4-9H,10-13H2,1-3H3. The smallest absolute Gasteiger partial charge is 0.410 e. The van der Waals surface area contributed by atoms with Crippen molar-refractivity contribution in [3.8, 4) is 0 Å². The van der Waals surface area contributed by atoms with Gasteiger partial charge in [-0.1, -0.05) is 36.4 Å². The number of benzene rings is 1. The second-order valence-corrected chi connectivity index (χ2v) is 6.47. The maximum Gasteiger partial charge on any atom is 0.410 e. The maximum atomic E-state index is 12.1. The highest BCUT2D eigenvalue weighted by atomic mass is 16.6. The van der Waals surface area contributed by atoms with Gasteiger partial charge in [0.1, 0.15) is 12.2 Å². The van der Waals surface area contributed by atoms with Gasteiger partial charge in [0.05, 0.1) is 0 Å². The van der Waals surface area contributed by atoms with E-state index in [1.165, 1.54) is 0 Å². The first-order chi connectivity index (χ1) is 10.8. The van der Waals surface area contributed by atoms with Crippen molar-refractivity contribution in [2.45, 2.75) is 39.4 Å². The van der Waals surface area contributed by atoms with Crippen molar-refractivity contribution in [2.24, 2.45) is 0 Å². The van der Waals surface area contributed by atoms with E-state index in [9.17, 15) is 9.59 Å². The molecule has 2 rings (SSSR count). The summed E-state index contributed by atoms with van der Waals surface area (Å²) < 4.78 is 10.6. The van der Waals surface area contributed by atoms with Gasteiger partial charge in [-0.25, -0.2) is 9.59 Å². The van der Waals surface area contributed by atoms with Crippen LogP contribution in [0.4, 0.5) is 4.79 Å².